The number of carbonyl (C=O) groups excluding carboxylic acids is 1. The third kappa shape index (κ3) is 7.12. The highest BCUT2D eigenvalue weighted by Gasteiger charge is 2.24. The van der Waals surface area contributed by atoms with Crippen molar-refractivity contribution in [2.24, 2.45) is 5.92 Å². The van der Waals surface area contributed by atoms with Crippen LogP contribution in [0.4, 0.5) is 4.79 Å². The number of allylic oxidation sites excluding steroid dienone is 2. The molecule has 4 nitrogen and oxygen atoms in total. The second-order valence-corrected chi connectivity index (χ2v) is 7.20. The van der Waals surface area contributed by atoms with E-state index in [0.717, 1.165) is 5.57 Å². The van der Waals surface area contributed by atoms with Crippen LogP contribution in [0.1, 0.15) is 62.3 Å². The predicted octanol–water partition coefficient (Wildman–Crippen LogP) is 4.50. The first-order chi connectivity index (χ1) is 9.86. The van der Waals surface area contributed by atoms with E-state index in [4.69, 9.17) is 4.74 Å². The van der Waals surface area contributed by atoms with E-state index in [2.05, 4.69) is 0 Å². The Labute approximate surface area is 135 Å². The third-order valence-corrected chi connectivity index (χ3v) is 3.49. The maximum absolute atomic E-state index is 12.4. The molecule has 1 amide bonds. The summed E-state index contributed by atoms with van der Waals surface area (Å²) in [5, 5.41) is 10.1. The smallest absolute Gasteiger partial charge is 0.411 e. The van der Waals surface area contributed by atoms with Crippen LogP contribution in [0.2, 0.25) is 0 Å². The number of amides is 1. The Balaban J connectivity index is 5.37. The van der Waals surface area contributed by atoms with Crippen molar-refractivity contribution in [2.75, 3.05) is 0 Å². The molecule has 0 aliphatic carbocycles. The van der Waals surface area contributed by atoms with Gasteiger partial charge in [-0.1, -0.05) is 12.5 Å². The Morgan fingerprint density at radius 2 is 1.55 bits per heavy atom. The molecule has 1 N–H and O–H groups in total. The number of carbonyl (C=O) groups is 1. The molecule has 128 valence electrons. The average molecular weight is 311 g/mol. The Morgan fingerprint density at radius 3 is 1.86 bits per heavy atom. The third-order valence-electron chi connectivity index (χ3n) is 3.49. The van der Waals surface area contributed by atoms with Crippen molar-refractivity contribution in [3.8, 4) is 0 Å². The summed E-state index contributed by atoms with van der Waals surface area (Å²) in [6.45, 7) is 17.1. The summed E-state index contributed by atoms with van der Waals surface area (Å²) < 4.78 is 5.57. The Morgan fingerprint density at radius 1 is 1.09 bits per heavy atom. The second kappa shape index (κ2) is 8.37. The molecule has 0 fully saturated rings. The van der Waals surface area contributed by atoms with Crippen LogP contribution in [0.15, 0.2) is 23.5 Å². The van der Waals surface area contributed by atoms with E-state index in [1.54, 1.807) is 24.8 Å². The molecule has 1 atom stereocenters. The van der Waals surface area contributed by atoms with E-state index in [1.165, 1.54) is 0 Å². The fourth-order valence-corrected chi connectivity index (χ4v) is 2.02. The second-order valence-electron chi connectivity index (χ2n) is 7.20. The molecule has 4 heteroatoms. The van der Waals surface area contributed by atoms with Crippen molar-refractivity contribution in [3.05, 3.63) is 23.5 Å². The van der Waals surface area contributed by atoms with E-state index in [9.17, 15) is 9.90 Å². The number of ether oxygens (including phenoxy) is 1. The summed E-state index contributed by atoms with van der Waals surface area (Å²) in [4.78, 5) is 14.1. The van der Waals surface area contributed by atoms with Gasteiger partial charge in [0.05, 0.1) is 5.60 Å². The lowest BCUT2D eigenvalue weighted by Gasteiger charge is -2.30. The summed E-state index contributed by atoms with van der Waals surface area (Å²) in [6.07, 6.45) is 3.25. The van der Waals surface area contributed by atoms with Crippen LogP contribution in [0, 0.1) is 5.92 Å². The topological polar surface area (TPSA) is 49.8 Å². The Kier molecular flexibility index (Phi) is 7.88. The van der Waals surface area contributed by atoms with E-state index >= 15 is 0 Å². The SMILES string of the molecule is CC(C)=C/C(=C/C(C)C(C)(C)O)OC(=O)N(C(C)C)C(C)C. The molecule has 0 aromatic carbocycles. The quantitative estimate of drug-likeness (QED) is 0.580. The minimum Gasteiger partial charge on any atom is -0.411 e. The van der Waals surface area contributed by atoms with Crippen LogP contribution >= 0.6 is 0 Å². The first kappa shape index (κ1) is 20.7. The summed E-state index contributed by atoms with van der Waals surface area (Å²) in [7, 11) is 0. The summed E-state index contributed by atoms with van der Waals surface area (Å²) in [5.41, 5.74) is 0.158. The van der Waals surface area contributed by atoms with Gasteiger partial charge in [0.2, 0.25) is 0 Å². The van der Waals surface area contributed by atoms with Gasteiger partial charge in [-0.25, -0.2) is 4.79 Å². The number of aliphatic hydroxyl groups is 1. The van der Waals surface area contributed by atoms with Crippen molar-refractivity contribution >= 4 is 6.09 Å². The predicted molar refractivity (Wildman–Crippen MR) is 91.6 cm³/mol. The minimum atomic E-state index is -0.872. The van der Waals surface area contributed by atoms with Crippen molar-refractivity contribution in [2.45, 2.75) is 80.0 Å². The van der Waals surface area contributed by atoms with Crippen molar-refractivity contribution < 1.29 is 14.6 Å². The summed E-state index contributed by atoms with van der Waals surface area (Å²) in [6, 6.07) is 0.124. The zero-order valence-corrected chi connectivity index (χ0v) is 15.6. The van der Waals surface area contributed by atoms with E-state index in [1.807, 2.05) is 54.5 Å². The molecule has 0 aliphatic rings. The molecule has 0 spiro atoms. The van der Waals surface area contributed by atoms with Gasteiger partial charge >= 0.3 is 6.09 Å². The molecule has 0 aromatic heterocycles. The van der Waals surface area contributed by atoms with Crippen molar-refractivity contribution in [1.29, 1.82) is 0 Å². The van der Waals surface area contributed by atoms with E-state index in [-0.39, 0.29) is 24.1 Å². The van der Waals surface area contributed by atoms with Crippen molar-refractivity contribution in [1.82, 2.24) is 4.90 Å². The van der Waals surface area contributed by atoms with Crippen LogP contribution in [0.25, 0.3) is 0 Å². The molecule has 22 heavy (non-hydrogen) atoms. The zero-order chi connectivity index (χ0) is 17.7. The lowest BCUT2D eigenvalue weighted by atomic mass is 9.92. The standard InChI is InChI=1S/C18H33NO3/c1-12(2)10-16(11-15(7)18(8,9)21)22-17(20)19(13(3)4)14(5)6/h10-11,13-15,21H,1-9H3/b16-11-. The molecule has 1 unspecified atom stereocenters. The maximum atomic E-state index is 12.4. The number of rotatable bonds is 6. The normalized spacial score (nSPS) is 14.1. The number of hydrogen-bond donors (Lipinski definition) is 1. The molecule has 0 saturated heterocycles. The molecule has 0 saturated carbocycles. The van der Waals surface area contributed by atoms with E-state index < -0.39 is 5.60 Å². The fraction of sp³-hybridized carbons (Fsp3) is 0.722. The highest BCUT2D eigenvalue weighted by atomic mass is 16.6. The largest absolute Gasteiger partial charge is 0.415 e. The first-order valence-corrected chi connectivity index (χ1v) is 7.95. The summed E-state index contributed by atoms with van der Waals surface area (Å²) in [5.74, 6) is 0.336. The average Bonchev–Trinajstić information content (AvgIpc) is 2.24. The first-order valence-electron chi connectivity index (χ1n) is 7.95. The van der Waals surface area contributed by atoms with E-state index in [0.29, 0.717) is 5.76 Å². The molecule has 0 bridgehead atoms. The van der Waals surface area contributed by atoms with Gasteiger partial charge in [0.1, 0.15) is 5.76 Å². The van der Waals surface area contributed by atoms with Crippen LogP contribution < -0.4 is 0 Å². The van der Waals surface area contributed by atoms with Crippen molar-refractivity contribution in [3.63, 3.8) is 0 Å². The number of nitrogens with zero attached hydrogens (tertiary/aromatic N) is 1. The summed E-state index contributed by atoms with van der Waals surface area (Å²) >= 11 is 0. The van der Waals surface area contributed by atoms with Crippen LogP contribution in [-0.4, -0.2) is 33.8 Å². The monoisotopic (exact) mass is 311 g/mol. The molecule has 0 radical (unpaired) electrons. The van der Waals surface area contributed by atoms with Crippen LogP contribution in [-0.2, 0) is 4.74 Å². The van der Waals surface area contributed by atoms with Gasteiger partial charge < -0.3 is 14.7 Å². The van der Waals surface area contributed by atoms with Gasteiger partial charge in [0, 0.05) is 18.0 Å². The van der Waals surface area contributed by atoms with Gasteiger partial charge in [-0.2, -0.15) is 0 Å². The number of hydrogen-bond acceptors (Lipinski definition) is 3. The van der Waals surface area contributed by atoms with Gasteiger partial charge in [0.15, 0.2) is 0 Å². The molecule has 0 aliphatic heterocycles. The lowest BCUT2D eigenvalue weighted by Crippen LogP contribution is -2.42. The Bertz CT molecular complexity index is 416. The lowest BCUT2D eigenvalue weighted by molar-refractivity contribution is 0.0420. The molecule has 0 aromatic rings. The molecular formula is C18H33NO3. The highest BCUT2D eigenvalue weighted by Crippen LogP contribution is 2.21. The molecule has 0 heterocycles. The van der Waals surface area contributed by atoms with Gasteiger partial charge in [-0.3, -0.25) is 0 Å². The van der Waals surface area contributed by atoms with Crippen LogP contribution in [0.3, 0.4) is 0 Å². The van der Waals surface area contributed by atoms with Crippen LogP contribution in [0.5, 0.6) is 0 Å². The fourth-order valence-electron chi connectivity index (χ4n) is 2.02. The molecule has 0 rings (SSSR count). The minimum absolute atomic E-state index is 0.0622. The van der Waals surface area contributed by atoms with Gasteiger partial charge in [-0.05, 0) is 67.5 Å². The Hall–Kier alpha value is -1.29. The maximum Gasteiger partial charge on any atom is 0.415 e. The van der Waals surface area contributed by atoms with Gasteiger partial charge in [0.25, 0.3) is 0 Å². The zero-order valence-electron chi connectivity index (χ0n) is 15.6. The highest BCUT2D eigenvalue weighted by molar-refractivity contribution is 5.70. The van der Waals surface area contributed by atoms with Gasteiger partial charge in [-0.15, -0.1) is 0 Å². The molecular weight excluding hydrogens is 278 g/mol.